The fourth-order valence-electron chi connectivity index (χ4n) is 3.57. The summed E-state index contributed by atoms with van der Waals surface area (Å²) in [5.41, 5.74) is 9.34. The second-order valence-corrected chi connectivity index (χ2v) is 8.08. The monoisotopic (exact) mass is 384 g/mol. The topological polar surface area (TPSA) is 18.5 Å². The van der Waals surface area contributed by atoms with Crippen molar-refractivity contribution in [1.82, 2.24) is 0 Å². The van der Waals surface area contributed by atoms with Crippen LogP contribution in [0.3, 0.4) is 0 Å². The summed E-state index contributed by atoms with van der Waals surface area (Å²) in [6.45, 7) is 15.2. The lowest BCUT2D eigenvalue weighted by molar-refractivity contribution is 0.350. The highest BCUT2D eigenvalue weighted by molar-refractivity contribution is 5.59. The van der Waals surface area contributed by atoms with E-state index in [2.05, 4.69) is 66.7 Å². The van der Waals surface area contributed by atoms with E-state index in [1.165, 1.54) is 39.0 Å². The second-order valence-electron chi connectivity index (χ2n) is 8.08. The Hall–Kier alpha value is -1.96. The van der Waals surface area contributed by atoms with Crippen LogP contribution < -0.4 is 9.47 Å². The van der Waals surface area contributed by atoms with E-state index in [9.17, 15) is 0 Å². The zero-order chi connectivity index (χ0) is 21.3. The van der Waals surface area contributed by atoms with E-state index in [-0.39, 0.29) is 0 Å². The molecule has 1 aromatic rings. The Bertz CT molecular complexity index is 744. The molecule has 0 unspecified atom stereocenters. The largest absolute Gasteiger partial charge is 0.493 e. The molecule has 0 aromatic heterocycles. The molecule has 28 heavy (non-hydrogen) atoms. The minimum atomic E-state index is 0.857. The Kier molecular flexibility index (Phi) is 10.1. The summed E-state index contributed by atoms with van der Waals surface area (Å²) in [5.74, 6) is 1.72. The Labute approximate surface area is 173 Å². The van der Waals surface area contributed by atoms with Crippen LogP contribution in [0.5, 0.6) is 11.5 Å². The predicted octanol–water partition coefficient (Wildman–Crippen LogP) is 7.59. The van der Waals surface area contributed by atoms with Crippen LogP contribution in [0.25, 0.3) is 0 Å². The number of rotatable bonds is 10. The molecule has 0 fully saturated rings. The highest BCUT2D eigenvalue weighted by Gasteiger charge is 2.17. The lowest BCUT2D eigenvalue weighted by Gasteiger charge is -2.19. The minimum absolute atomic E-state index is 0.857. The van der Waals surface area contributed by atoms with Crippen molar-refractivity contribution in [2.75, 3.05) is 14.2 Å². The van der Waals surface area contributed by atoms with Crippen LogP contribution in [0.2, 0.25) is 0 Å². The van der Waals surface area contributed by atoms with Crippen molar-refractivity contribution in [3.05, 3.63) is 57.2 Å². The maximum absolute atomic E-state index is 5.63. The van der Waals surface area contributed by atoms with Gasteiger partial charge in [0.15, 0.2) is 11.5 Å². The smallest absolute Gasteiger partial charge is 0.164 e. The zero-order valence-electron chi connectivity index (χ0n) is 19.6. The average molecular weight is 385 g/mol. The molecular formula is C26H40O2. The third-order valence-electron chi connectivity index (χ3n) is 5.54. The van der Waals surface area contributed by atoms with Gasteiger partial charge in [0, 0.05) is 0 Å². The molecular weight excluding hydrogens is 344 g/mol. The molecule has 0 saturated heterocycles. The summed E-state index contributed by atoms with van der Waals surface area (Å²) in [5, 5.41) is 0. The molecule has 0 aliphatic heterocycles. The van der Waals surface area contributed by atoms with Gasteiger partial charge in [-0.15, -0.1) is 0 Å². The van der Waals surface area contributed by atoms with Crippen molar-refractivity contribution in [1.29, 1.82) is 0 Å². The van der Waals surface area contributed by atoms with Crippen LogP contribution in [0.15, 0.2) is 34.9 Å². The summed E-state index contributed by atoms with van der Waals surface area (Å²) >= 11 is 0. The van der Waals surface area contributed by atoms with Gasteiger partial charge in [-0.2, -0.15) is 0 Å². The zero-order valence-corrected chi connectivity index (χ0v) is 19.6. The molecule has 0 atom stereocenters. The van der Waals surface area contributed by atoms with Gasteiger partial charge in [0.2, 0.25) is 0 Å². The van der Waals surface area contributed by atoms with Crippen molar-refractivity contribution in [2.24, 2.45) is 0 Å². The molecule has 0 saturated carbocycles. The summed E-state index contributed by atoms with van der Waals surface area (Å²) in [7, 11) is 3.43. The van der Waals surface area contributed by atoms with Gasteiger partial charge < -0.3 is 9.47 Å². The highest BCUT2D eigenvalue weighted by atomic mass is 16.5. The summed E-state index contributed by atoms with van der Waals surface area (Å²) in [4.78, 5) is 0. The van der Waals surface area contributed by atoms with Gasteiger partial charge >= 0.3 is 0 Å². The van der Waals surface area contributed by atoms with E-state index in [0.29, 0.717) is 0 Å². The van der Waals surface area contributed by atoms with Crippen LogP contribution in [0, 0.1) is 20.8 Å². The first-order valence-corrected chi connectivity index (χ1v) is 10.4. The lowest BCUT2D eigenvalue weighted by atomic mass is 9.93. The van der Waals surface area contributed by atoms with Gasteiger partial charge in [-0.1, -0.05) is 34.9 Å². The first kappa shape index (κ1) is 24.1. The van der Waals surface area contributed by atoms with E-state index in [4.69, 9.17) is 9.47 Å². The van der Waals surface area contributed by atoms with Gasteiger partial charge in [0.1, 0.15) is 0 Å². The fourth-order valence-corrected chi connectivity index (χ4v) is 3.57. The summed E-state index contributed by atoms with van der Waals surface area (Å²) < 4.78 is 11.2. The van der Waals surface area contributed by atoms with Crippen LogP contribution in [0.1, 0.15) is 75.6 Å². The fraction of sp³-hybridized carbons (Fsp3) is 0.538. The van der Waals surface area contributed by atoms with Crippen molar-refractivity contribution >= 4 is 0 Å². The molecule has 1 aromatic carbocycles. The number of allylic oxidation sites excluding steroid dienone is 6. The third kappa shape index (κ3) is 6.89. The molecule has 2 nitrogen and oxygen atoms in total. The minimum Gasteiger partial charge on any atom is -0.493 e. The molecule has 0 spiro atoms. The van der Waals surface area contributed by atoms with Gasteiger partial charge in [-0.05, 0) is 103 Å². The number of benzene rings is 1. The number of hydrogen-bond donors (Lipinski definition) is 0. The highest BCUT2D eigenvalue weighted by Crippen LogP contribution is 2.39. The standard InChI is InChI=1S/C26H40O2/c1-18(2)12-10-13-19(3)14-11-15-20(4)16-17-24-21(5)22(6)25(27-8)26(28-9)23(24)7/h12,14,16H,10-11,13,15,17H2,1-9H3/b19-14+,20-16+. The maximum Gasteiger partial charge on any atom is 0.164 e. The van der Waals surface area contributed by atoms with Crippen LogP contribution >= 0.6 is 0 Å². The van der Waals surface area contributed by atoms with E-state index in [1.807, 2.05) is 0 Å². The second kappa shape index (κ2) is 11.8. The SMILES string of the molecule is COc1c(C)c(C)c(C/C=C(\C)CC/C=C(\C)CCC=C(C)C)c(C)c1OC. The van der Waals surface area contributed by atoms with Crippen molar-refractivity contribution < 1.29 is 9.47 Å². The number of hydrogen-bond acceptors (Lipinski definition) is 2. The Morgan fingerprint density at radius 2 is 1.18 bits per heavy atom. The summed E-state index contributed by atoms with van der Waals surface area (Å²) in [6.07, 6.45) is 12.6. The molecule has 156 valence electrons. The van der Waals surface area contributed by atoms with Gasteiger partial charge in [0.25, 0.3) is 0 Å². The normalized spacial score (nSPS) is 12.2. The maximum atomic E-state index is 5.63. The van der Waals surface area contributed by atoms with Crippen LogP contribution in [-0.2, 0) is 6.42 Å². The van der Waals surface area contributed by atoms with Gasteiger partial charge in [-0.3, -0.25) is 0 Å². The van der Waals surface area contributed by atoms with Crippen molar-refractivity contribution in [3.8, 4) is 11.5 Å². The quantitative estimate of drug-likeness (QED) is 0.387. The summed E-state index contributed by atoms with van der Waals surface area (Å²) in [6, 6.07) is 0. The first-order valence-electron chi connectivity index (χ1n) is 10.4. The first-order chi connectivity index (χ1) is 13.2. The van der Waals surface area contributed by atoms with Crippen molar-refractivity contribution in [3.63, 3.8) is 0 Å². The predicted molar refractivity (Wildman–Crippen MR) is 123 cm³/mol. The molecule has 0 heterocycles. The lowest BCUT2D eigenvalue weighted by Crippen LogP contribution is -2.03. The van der Waals surface area contributed by atoms with E-state index < -0.39 is 0 Å². The third-order valence-corrected chi connectivity index (χ3v) is 5.54. The molecule has 2 heteroatoms. The van der Waals surface area contributed by atoms with E-state index >= 15 is 0 Å². The molecule has 0 aliphatic rings. The van der Waals surface area contributed by atoms with Gasteiger partial charge in [-0.25, -0.2) is 0 Å². The van der Waals surface area contributed by atoms with Crippen LogP contribution in [-0.4, -0.2) is 14.2 Å². The molecule has 1 rings (SSSR count). The van der Waals surface area contributed by atoms with E-state index in [0.717, 1.165) is 43.6 Å². The molecule has 0 N–H and O–H groups in total. The molecule has 0 amide bonds. The Morgan fingerprint density at radius 3 is 1.71 bits per heavy atom. The van der Waals surface area contributed by atoms with Gasteiger partial charge in [0.05, 0.1) is 14.2 Å². The molecule has 0 aliphatic carbocycles. The number of methoxy groups -OCH3 is 2. The molecule has 0 bridgehead atoms. The molecule has 0 radical (unpaired) electrons. The number of ether oxygens (including phenoxy) is 2. The van der Waals surface area contributed by atoms with Crippen molar-refractivity contribution in [2.45, 2.75) is 80.6 Å². The Balaban J connectivity index is 2.78. The van der Waals surface area contributed by atoms with Crippen LogP contribution in [0.4, 0.5) is 0 Å². The Morgan fingerprint density at radius 1 is 0.679 bits per heavy atom. The average Bonchev–Trinajstić information content (AvgIpc) is 2.64. The van der Waals surface area contributed by atoms with E-state index in [1.54, 1.807) is 14.2 Å².